The second-order valence-corrected chi connectivity index (χ2v) is 8.01. The molecule has 2 saturated carbocycles. The molecule has 2 fully saturated rings. The fraction of sp³-hybridized carbons (Fsp3) is 0.579. The Hall–Kier alpha value is -1.36. The zero-order valence-corrected chi connectivity index (χ0v) is 15.6. The van der Waals surface area contributed by atoms with Gasteiger partial charge in [0, 0.05) is 10.9 Å². The molecule has 2 bridgehead atoms. The maximum atomic E-state index is 12.5. The highest BCUT2D eigenvalue weighted by Gasteiger charge is 2.40. The zero-order chi connectivity index (χ0) is 17.1. The second-order valence-electron chi connectivity index (χ2n) is 7.09. The van der Waals surface area contributed by atoms with E-state index in [1.54, 1.807) is 0 Å². The Balaban J connectivity index is 1.63. The number of carbonyl (C=O) groups excluding carboxylic acids is 2. The average Bonchev–Trinajstić information content (AvgIpc) is 3.17. The van der Waals surface area contributed by atoms with E-state index >= 15 is 0 Å². The Bertz CT molecular complexity index is 601. The van der Waals surface area contributed by atoms with Crippen molar-refractivity contribution in [1.82, 2.24) is 5.32 Å². The molecule has 0 spiro atoms. The lowest BCUT2D eigenvalue weighted by atomic mass is 9.86. The maximum absolute atomic E-state index is 12.5. The molecule has 1 N–H and O–H groups in total. The number of carbonyl (C=O) groups is 2. The summed E-state index contributed by atoms with van der Waals surface area (Å²) in [6.07, 6.45) is 5.85. The Morgan fingerprint density at radius 2 is 2.00 bits per heavy atom. The van der Waals surface area contributed by atoms with Crippen molar-refractivity contribution in [2.45, 2.75) is 44.6 Å². The van der Waals surface area contributed by atoms with Crippen LogP contribution in [0.5, 0.6) is 0 Å². The van der Waals surface area contributed by atoms with Gasteiger partial charge in [-0.1, -0.05) is 34.5 Å². The van der Waals surface area contributed by atoms with Crippen LogP contribution in [-0.4, -0.2) is 19.0 Å². The van der Waals surface area contributed by atoms with Crippen LogP contribution in [-0.2, 0) is 14.3 Å². The summed E-state index contributed by atoms with van der Waals surface area (Å²) in [6, 6.07) is 7.35. The molecule has 2 aliphatic rings. The lowest BCUT2D eigenvalue weighted by Gasteiger charge is -2.23. The van der Waals surface area contributed by atoms with Gasteiger partial charge in [-0.05, 0) is 54.7 Å². The summed E-state index contributed by atoms with van der Waals surface area (Å²) >= 11 is 3.41. The summed E-state index contributed by atoms with van der Waals surface area (Å²) in [5, 5.41) is 3.05. The molecule has 0 aromatic heterocycles. The third kappa shape index (κ3) is 4.18. The van der Waals surface area contributed by atoms with Crippen LogP contribution in [0.15, 0.2) is 28.7 Å². The summed E-state index contributed by atoms with van der Waals surface area (Å²) in [5.74, 6) is 1.82. The molecule has 2 aliphatic carbocycles. The van der Waals surface area contributed by atoms with E-state index < -0.39 is 0 Å². The molecule has 130 valence electrons. The van der Waals surface area contributed by atoms with Crippen molar-refractivity contribution in [1.29, 1.82) is 0 Å². The molecule has 4 atom stereocenters. The molecule has 0 aliphatic heterocycles. The minimum Gasteiger partial charge on any atom is -0.469 e. The van der Waals surface area contributed by atoms with Crippen LogP contribution in [0, 0.1) is 17.8 Å². The number of fused-ring (bicyclic) bond motifs is 2. The number of hydrogen-bond acceptors (Lipinski definition) is 3. The highest BCUT2D eigenvalue weighted by atomic mass is 79.9. The molecule has 4 unspecified atom stereocenters. The number of benzene rings is 1. The molecule has 1 aromatic carbocycles. The lowest BCUT2D eigenvalue weighted by molar-refractivity contribution is -0.141. The van der Waals surface area contributed by atoms with Gasteiger partial charge in [-0.2, -0.15) is 0 Å². The Morgan fingerprint density at radius 3 is 2.58 bits per heavy atom. The fourth-order valence-corrected chi connectivity index (χ4v) is 4.58. The van der Waals surface area contributed by atoms with Gasteiger partial charge in [-0.3, -0.25) is 9.59 Å². The number of nitrogens with one attached hydrogen (secondary N) is 1. The van der Waals surface area contributed by atoms with E-state index in [4.69, 9.17) is 4.74 Å². The number of halogens is 1. The average molecular weight is 394 g/mol. The van der Waals surface area contributed by atoms with Gasteiger partial charge in [0.1, 0.15) is 0 Å². The molecule has 0 radical (unpaired) electrons. The van der Waals surface area contributed by atoms with Crippen molar-refractivity contribution in [2.75, 3.05) is 7.11 Å². The van der Waals surface area contributed by atoms with E-state index in [-0.39, 0.29) is 24.3 Å². The summed E-state index contributed by atoms with van der Waals surface area (Å²) in [4.78, 5) is 24.2. The molecule has 3 rings (SSSR count). The summed E-state index contributed by atoms with van der Waals surface area (Å²) in [7, 11) is 1.37. The topological polar surface area (TPSA) is 55.4 Å². The highest BCUT2D eigenvalue weighted by molar-refractivity contribution is 9.10. The number of amides is 1. The van der Waals surface area contributed by atoms with E-state index in [1.807, 2.05) is 24.3 Å². The van der Waals surface area contributed by atoms with E-state index in [1.165, 1.54) is 32.8 Å². The predicted octanol–water partition coefficient (Wildman–Crippen LogP) is 4.00. The van der Waals surface area contributed by atoms with Crippen molar-refractivity contribution < 1.29 is 14.3 Å². The van der Waals surface area contributed by atoms with E-state index in [0.717, 1.165) is 21.9 Å². The van der Waals surface area contributed by atoms with Gasteiger partial charge in [0.05, 0.1) is 19.6 Å². The maximum Gasteiger partial charge on any atom is 0.307 e. The second kappa shape index (κ2) is 7.68. The third-order valence-electron chi connectivity index (χ3n) is 5.54. The van der Waals surface area contributed by atoms with Gasteiger partial charge in [-0.25, -0.2) is 0 Å². The van der Waals surface area contributed by atoms with Crippen molar-refractivity contribution in [3.63, 3.8) is 0 Å². The lowest BCUT2D eigenvalue weighted by Crippen LogP contribution is -2.32. The predicted molar refractivity (Wildman–Crippen MR) is 95.2 cm³/mol. The number of esters is 1. The number of methoxy groups -OCH3 is 1. The number of rotatable bonds is 6. The van der Waals surface area contributed by atoms with E-state index in [0.29, 0.717) is 12.3 Å². The standard InChI is InChI=1S/C19H24BrNO3/c1-24-19(23)11-17(13-4-6-16(20)7-5-13)21-18(22)10-15-9-12-2-3-14(15)8-12/h4-7,12,14-15,17H,2-3,8-11H2,1H3,(H,21,22). The fourth-order valence-electron chi connectivity index (χ4n) is 4.32. The molecular weight excluding hydrogens is 370 g/mol. The minimum atomic E-state index is -0.336. The molecule has 0 saturated heterocycles. The smallest absolute Gasteiger partial charge is 0.307 e. The van der Waals surface area contributed by atoms with Gasteiger partial charge in [-0.15, -0.1) is 0 Å². The normalized spacial score (nSPS) is 26.2. The van der Waals surface area contributed by atoms with E-state index in [2.05, 4.69) is 21.2 Å². The summed E-state index contributed by atoms with van der Waals surface area (Å²) in [6.45, 7) is 0. The first-order chi connectivity index (χ1) is 11.5. The van der Waals surface area contributed by atoms with Crippen LogP contribution >= 0.6 is 15.9 Å². The van der Waals surface area contributed by atoms with Crippen molar-refractivity contribution in [3.05, 3.63) is 34.3 Å². The molecule has 4 nitrogen and oxygen atoms in total. The molecule has 1 amide bonds. The largest absolute Gasteiger partial charge is 0.469 e. The van der Waals surface area contributed by atoms with Crippen LogP contribution in [0.4, 0.5) is 0 Å². The van der Waals surface area contributed by atoms with Gasteiger partial charge < -0.3 is 10.1 Å². The minimum absolute atomic E-state index is 0.0457. The van der Waals surface area contributed by atoms with Gasteiger partial charge >= 0.3 is 5.97 Å². The Labute approximate surface area is 151 Å². The van der Waals surface area contributed by atoms with Crippen LogP contribution in [0.2, 0.25) is 0 Å². The van der Waals surface area contributed by atoms with Crippen molar-refractivity contribution in [3.8, 4) is 0 Å². The number of ether oxygens (including phenoxy) is 1. The molecule has 1 aromatic rings. The van der Waals surface area contributed by atoms with Crippen LogP contribution in [0.3, 0.4) is 0 Å². The monoisotopic (exact) mass is 393 g/mol. The SMILES string of the molecule is COC(=O)CC(NC(=O)CC1CC2CCC1C2)c1ccc(Br)cc1. The number of hydrogen-bond donors (Lipinski definition) is 1. The summed E-state index contributed by atoms with van der Waals surface area (Å²) < 4.78 is 5.75. The summed E-state index contributed by atoms with van der Waals surface area (Å²) in [5.41, 5.74) is 0.921. The first-order valence-electron chi connectivity index (χ1n) is 8.66. The van der Waals surface area contributed by atoms with Crippen LogP contribution < -0.4 is 5.32 Å². The van der Waals surface area contributed by atoms with Crippen molar-refractivity contribution >= 4 is 27.8 Å². The van der Waals surface area contributed by atoms with Crippen LogP contribution in [0.25, 0.3) is 0 Å². The van der Waals surface area contributed by atoms with Gasteiger partial charge in [0.2, 0.25) is 5.91 Å². The molecular formula is C19H24BrNO3. The van der Waals surface area contributed by atoms with E-state index in [9.17, 15) is 9.59 Å². The van der Waals surface area contributed by atoms with Crippen LogP contribution in [0.1, 0.15) is 50.1 Å². The van der Waals surface area contributed by atoms with Gasteiger partial charge in [0.25, 0.3) is 0 Å². The first kappa shape index (κ1) is 17.5. The highest BCUT2D eigenvalue weighted by Crippen LogP contribution is 2.49. The molecule has 0 heterocycles. The zero-order valence-electron chi connectivity index (χ0n) is 14.0. The Morgan fingerprint density at radius 1 is 1.25 bits per heavy atom. The first-order valence-corrected chi connectivity index (χ1v) is 9.46. The molecule has 5 heteroatoms. The molecule has 24 heavy (non-hydrogen) atoms. The van der Waals surface area contributed by atoms with Gasteiger partial charge in [0.15, 0.2) is 0 Å². The Kier molecular flexibility index (Phi) is 5.59. The third-order valence-corrected chi connectivity index (χ3v) is 6.07. The quantitative estimate of drug-likeness (QED) is 0.743. The van der Waals surface area contributed by atoms with Crippen molar-refractivity contribution in [2.24, 2.45) is 17.8 Å².